The van der Waals surface area contributed by atoms with Crippen LogP contribution in [0.25, 0.3) is 0 Å². The molecule has 0 spiro atoms. The van der Waals surface area contributed by atoms with Gasteiger partial charge in [0.05, 0.1) is 10.6 Å². The van der Waals surface area contributed by atoms with Crippen molar-refractivity contribution in [2.45, 2.75) is 11.8 Å². The molecule has 0 fully saturated rings. The number of anilines is 1. The molecule has 6 nitrogen and oxygen atoms in total. The summed E-state index contributed by atoms with van der Waals surface area (Å²) < 4.78 is 5.42. The molecule has 0 aromatic heterocycles. The Kier molecular flexibility index (Phi) is 6.59. The van der Waals surface area contributed by atoms with Gasteiger partial charge in [-0.25, -0.2) is 0 Å². The van der Waals surface area contributed by atoms with Gasteiger partial charge in [-0.1, -0.05) is 18.2 Å². The lowest BCUT2D eigenvalue weighted by atomic mass is 10.2. The number of amides is 1. The average molecular weight is 358 g/mol. The van der Waals surface area contributed by atoms with Crippen LogP contribution in [0.15, 0.2) is 60.0 Å². The summed E-state index contributed by atoms with van der Waals surface area (Å²) in [5.41, 5.74) is 1.21. The number of nitro groups is 1. The largest absolute Gasteiger partial charge is 0.484 e. The van der Waals surface area contributed by atoms with E-state index < -0.39 is 4.92 Å². The maximum absolute atomic E-state index is 12.1. The van der Waals surface area contributed by atoms with Gasteiger partial charge in [-0.15, -0.1) is 18.3 Å². The van der Waals surface area contributed by atoms with E-state index >= 15 is 0 Å². The zero-order valence-electron chi connectivity index (χ0n) is 13.7. The van der Waals surface area contributed by atoms with E-state index in [1.54, 1.807) is 30.8 Å². The highest BCUT2D eigenvalue weighted by Gasteiger charge is 2.12. The van der Waals surface area contributed by atoms with Gasteiger partial charge in [0.15, 0.2) is 6.61 Å². The van der Waals surface area contributed by atoms with Gasteiger partial charge >= 0.3 is 0 Å². The molecule has 2 aromatic carbocycles. The average Bonchev–Trinajstić information content (AvgIpc) is 2.59. The zero-order valence-corrected chi connectivity index (χ0v) is 14.5. The summed E-state index contributed by atoms with van der Waals surface area (Å²) in [5, 5.41) is 13.6. The van der Waals surface area contributed by atoms with E-state index in [0.717, 1.165) is 10.6 Å². The van der Waals surface area contributed by atoms with E-state index in [4.69, 9.17) is 4.74 Å². The predicted molar refractivity (Wildman–Crippen MR) is 99.3 cm³/mol. The third kappa shape index (κ3) is 5.36. The van der Waals surface area contributed by atoms with Crippen molar-refractivity contribution in [3.05, 3.63) is 70.8 Å². The number of aryl methyl sites for hydroxylation is 1. The maximum Gasteiger partial charge on any atom is 0.272 e. The fourth-order valence-corrected chi connectivity index (χ4v) is 2.85. The number of ether oxygens (including phenoxy) is 1. The summed E-state index contributed by atoms with van der Waals surface area (Å²) in [5.74, 6) is 0.848. The first kappa shape index (κ1) is 18.5. The molecule has 1 amide bonds. The van der Waals surface area contributed by atoms with Crippen molar-refractivity contribution in [1.82, 2.24) is 0 Å². The van der Waals surface area contributed by atoms with Gasteiger partial charge in [-0.05, 0) is 31.2 Å². The molecule has 0 aliphatic carbocycles. The molecule has 25 heavy (non-hydrogen) atoms. The highest BCUT2D eigenvalue weighted by Crippen LogP contribution is 2.27. The fourth-order valence-electron chi connectivity index (χ4n) is 2.10. The van der Waals surface area contributed by atoms with Gasteiger partial charge in [-0.3, -0.25) is 14.9 Å². The fraction of sp³-hybridized carbons (Fsp3) is 0.167. The lowest BCUT2D eigenvalue weighted by Crippen LogP contribution is -2.20. The normalized spacial score (nSPS) is 10.1. The van der Waals surface area contributed by atoms with Gasteiger partial charge in [0, 0.05) is 22.3 Å². The van der Waals surface area contributed by atoms with E-state index in [2.05, 4.69) is 11.9 Å². The molecule has 2 aromatic rings. The third-order valence-electron chi connectivity index (χ3n) is 3.25. The van der Waals surface area contributed by atoms with E-state index in [1.807, 2.05) is 24.3 Å². The number of hydrogen-bond donors (Lipinski definition) is 1. The smallest absolute Gasteiger partial charge is 0.272 e. The standard InChI is InChI=1S/C18H18N2O4S/c1-3-10-25-17-7-5-4-6-15(17)19-18(21)12-24-14-8-9-16(20(22)23)13(2)11-14/h3-9,11H,1,10,12H2,2H3,(H,19,21). The molecule has 0 radical (unpaired) electrons. The number of para-hydroxylation sites is 1. The van der Waals surface area contributed by atoms with Gasteiger partial charge in [0.25, 0.3) is 11.6 Å². The summed E-state index contributed by atoms with van der Waals surface area (Å²) in [4.78, 5) is 23.4. The van der Waals surface area contributed by atoms with E-state index in [1.165, 1.54) is 12.1 Å². The first-order chi connectivity index (χ1) is 12.0. The topological polar surface area (TPSA) is 81.5 Å². The van der Waals surface area contributed by atoms with E-state index in [-0.39, 0.29) is 18.2 Å². The van der Waals surface area contributed by atoms with Crippen LogP contribution in [0.1, 0.15) is 5.56 Å². The number of carbonyl (C=O) groups is 1. The number of benzene rings is 2. The second-order valence-corrected chi connectivity index (χ2v) is 6.20. The van der Waals surface area contributed by atoms with Crippen LogP contribution in [0, 0.1) is 17.0 Å². The van der Waals surface area contributed by atoms with Crippen molar-refractivity contribution in [2.24, 2.45) is 0 Å². The Morgan fingerprint density at radius 2 is 2.12 bits per heavy atom. The molecule has 7 heteroatoms. The number of nitro benzene ring substituents is 1. The maximum atomic E-state index is 12.1. The molecule has 0 saturated heterocycles. The second kappa shape index (κ2) is 8.89. The highest BCUT2D eigenvalue weighted by atomic mass is 32.2. The quantitative estimate of drug-likeness (QED) is 0.331. The molecule has 0 heterocycles. The first-order valence-corrected chi connectivity index (χ1v) is 8.50. The molecule has 130 valence electrons. The summed E-state index contributed by atoms with van der Waals surface area (Å²) >= 11 is 1.57. The van der Waals surface area contributed by atoms with Crippen LogP contribution >= 0.6 is 11.8 Å². The second-order valence-electron chi connectivity index (χ2n) is 5.14. The number of nitrogens with one attached hydrogen (secondary N) is 1. The Labute approximate surface area is 150 Å². The Morgan fingerprint density at radius 3 is 2.80 bits per heavy atom. The molecular formula is C18H18N2O4S. The minimum absolute atomic E-state index is 0.0185. The van der Waals surface area contributed by atoms with E-state index in [9.17, 15) is 14.9 Å². The lowest BCUT2D eigenvalue weighted by Gasteiger charge is -2.11. The zero-order chi connectivity index (χ0) is 18.2. The number of hydrogen-bond acceptors (Lipinski definition) is 5. The first-order valence-electron chi connectivity index (χ1n) is 7.51. The van der Waals surface area contributed by atoms with Crippen molar-refractivity contribution in [1.29, 1.82) is 0 Å². The van der Waals surface area contributed by atoms with Gasteiger partial charge in [0.1, 0.15) is 5.75 Å². The Morgan fingerprint density at radius 1 is 1.36 bits per heavy atom. The number of rotatable bonds is 8. The van der Waals surface area contributed by atoms with Crippen molar-refractivity contribution in [2.75, 3.05) is 17.7 Å². The van der Waals surface area contributed by atoms with Crippen molar-refractivity contribution in [3.63, 3.8) is 0 Å². The summed E-state index contributed by atoms with van der Waals surface area (Å²) in [6.07, 6.45) is 1.79. The molecule has 0 aliphatic heterocycles. The minimum atomic E-state index is -0.455. The van der Waals surface area contributed by atoms with Gasteiger partial charge in [0.2, 0.25) is 0 Å². The third-order valence-corrected chi connectivity index (χ3v) is 4.32. The molecule has 0 atom stereocenters. The van der Waals surface area contributed by atoms with Crippen LogP contribution < -0.4 is 10.1 Å². The molecular weight excluding hydrogens is 340 g/mol. The Balaban J connectivity index is 1.96. The van der Waals surface area contributed by atoms with Crippen LogP contribution in [0.2, 0.25) is 0 Å². The van der Waals surface area contributed by atoms with Crippen LogP contribution in [-0.4, -0.2) is 23.2 Å². The van der Waals surface area contributed by atoms with Crippen LogP contribution in [-0.2, 0) is 4.79 Å². The number of thioether (sulfide) groups is 1. The van der Waals surface area contributed by atoms with Crippen molar-refractivity contribution < 1.29 is 14.5 Å². The summed E-state index contributed by atoms with van der Waals surface area (Å²) in [6, 6.07) is 11.9. The Hall–Kier alpha value is -2.80. The number of carbonyl (C=O) groups excluding carboxylic acids is 1. The Bertz CT molecular complexity index is 792. The molecule has 2 rings (SSSR count). The molecule has 0 bridgehead atoms. The minimum Gasteiger partial charge on any atom is -0.484 e. The van der Waals surface area contributed by atoms with Crippen LogP contribution in [0.3, 0.4) is 0 Å². The molecule has 1 N–H and O–H groups in total. The van der Waals surface area contributed by atoms with Gasteiger partial charge in [-0.2, -0.15) is 0 Å². The number of nitrogens with zero attached hydrogens (tertiary/aromatic N) is 1. The van der Waals surface area contributed by atoms with Crippen molar-refractivity contribution in [3.8, 4) is 5.75 Å². The highest BCUT2D eigenvalue weighted by molar-refractivity contribution is 7.99. The molecule has 0 aliphatic rings. The lowest BCUT2D eigenvalue weighted by molar-refractivity contribution is -0.385. The summed E-state index contributed by atoms with van der Waals surface area (Å²) in [7, 11) is 0. The SMILES string of the molecule is C=CCSc1ccccc1NC(=O)COc1ccc([N+](=O)[O-])c(C)c1. The molecule has 0 unspecified atom stereocenters. The van der Waals surface area contributed by atoms with Crippen LogP contribution in [0.4, 0.5) is 11.4 Å². The van der Waals surface area contributed by atoms with E-state index in [0.29, 0.717) is 17.0 Å². The monoisotopic (exact) mass is 358 g/mol. The van der Waals surface area contributed by atoms with Crippen molar-refractivity contribution >= 4 is 29.0 Å². The predicted octanol–water partition coefficient (Wildman–Crippen LogP) is 4.20. The summed E-state index contributed by atoms with van der Waals surface area (Å²) in [6.45, 7) is 5.12. The van der Waals surface area contributed by atoms with Crippen LogP contribution in [0.5, 0.6) is 5.75 Å². The molecule has 0 saturated carbocycles. The van der Waals surface area contributed by atoms with Gasteiger partial charge < -0.3 is 10.1 Å².